The molecular weight excluding hydrogens is 454 g/mol. The molecule has 1 saturated carbocycles. The number of hydrogen-bond donors (Lipinski definition) is 1. The minimum absolute atomic E-state index is 0.00953. The minimum atomic E-state index is -0.164. The van der Waals surface area contributed by atoms with Crippen molar-refractivity contribution in [1.29, 1.82) is 0 Å². The van der Waals surface area contributed by atoms with Crippen molar-refractivity contribution < 1.29 is 9.59 Å². The Balaban J connectivity index is 1.23. The molecule has 6 rings (SSSR count). The van der Waals surface area contributed by atoms with Crippen LogP contribution in [0, 0.1) is 25.7 Å². The zero-order valence-corrected chi connectivity index (χ0v) is 19.9. The lowest BCUT2D eigenvalue weighted by molar-refractivity contribution is 0.0690. The second kappa shape index (κ2) is 7.78. The van der Waals surface area contributed by atoms with Crippen molar-refractivity contribution in [3.05, 3.63) is 64.0 Å². The second-order valence-corrected chi connectivity index (χ2v) is 10.9. The first-order chi connectivity index (χ1) is 16.0. The van der Waals surface area contributed by atoms with E-state index in [1.165, 1.54) is 11.3 Å². The molecule has 9 heteroatoms. The van der Waals surface area contributed by atoms with Crippen molar-refractivity contribution in [2.75, 3.05) is 13.1 Å². The maximum absolute atomic E-state index is 13.7. The molecule has 0 unspecified atom stereocenters. The topological polar surface area (TPSA) is 79.6 Å². The zero-order valence-electron chi connectivity index (χ0n) is 18.3. The average molecular weight is 478 g/mol. The van der Waals surface area contributed by atoms with Gasteiger partial charge in [0.05, 0.1) is 22.1 Å². The Labute approximate surface area is 199 Å². The van der Waals surface area contributed by atoms with Gasteiger partial charge in [-0.1, -0.05) is 29.8 Å². The number of likely N-dealkylation sites (tertiary alicyclic amines) is 1. The molecule has 0 bridgehead atoms. The number of benzene rings is 1. The lowest BCUT2D eigenvalue weighted by Gasteiger charge is -2.27. The van der Waals surface area contributed by atoms with Crippen LogP contribution in [0.15, 0.2) is 42.0 Å². The van der Waals surface area contributed by atoms with Gasteiger partial charge in [0, 0.05) is 24.7 Å². The van der Waals surface area contributed by atoms with Gasteiger partial charge in [0.15, 0.2) is 4.96 Å². The maximum atomic E-state index is 13.7. The fourth-order valence-electron chi connectivity index (χ4n) is 4.94. The van der Waals surface area contributed by atoms with Crippen molar-refractivity contribution in [2.45, 2.75) is 26.3 Å². The summed E-state index contributed by atoms with van der Waals surface area (Å²) in [5.74, 6) is 0.772. The Bertz CT molecular complexity index is 1390. The van der Waals surface area contributed by atoms with Crippen LogP contribution in [0.25, 0.3) is 15.4 Å². The quantitative estimate of drug-likeness (QED) is 0.471. The summed E-state index contributed by atoms with van der Waals surface area (Å²) in [6.45, 7) is 5.16. The number of thiazole rings is 2. The number of imidazole rings is 1. The standard InChI is InChI=1S/C24H23N5O2S2/c1-13-4-3-5-15(8-13)21-20(27-14(2)33-21)23(31)29-12-16-9-17(16)18(29)10-25-22(30)19-11-26-24-28(19)6-7-32-24/h3-8,11,16-18H,9-10,12H2,1-2H3,(H,25,30)/t16-,17-,18-/m1/s1. The van der Waals surface area contributed by atoms with Crippen LogP contribution in [-0.4, -0.2) is 50.2 Å². The Morgan fingerprint density at radius 3 is 3.00 bits per heavy atom. The summed E-state index contributed by atoms with van der Waals surface area (Å²) in [4.78, 5) is 39.1. The smallest absolute Gasteiger partial charge is 0.274 e. The highest BCUT2D eigenvalue weighted by Gasteiger charge is 2.54. The first kappa shape index (κ1) is 20.6. The summed E-state index contributed by atoms with van der Waals surface area (Å²) >= 11 is 3.05. The number of nitrogens with zero attached hydrogens (tertiary/aromatic N) is 4. The molecule has 7 nitrogen and oxygen atoms in total. The van der Waals surface area contributed by atoms with E-state index in [9.17, 15) is 9.59 Å². The van der Waals surface area contributed by atoms with E-state index >= 15 is 0 Å². The van der Waals surface area contributed by atoms with Gasteiger partial charge in [-0.15, -0.1) is 22.7 Å². The second-order valence-electron chi connectivity index (χ2n) is 8.87. The molecule has 1 aliphatic carbocycles. The number of carbonyl (C=O) groups excluding carboxylic acids is 2. The van der Waals surface area contributed by atoms with E-state index in [1.54, 1.807) is 21.9 Å². The summed E-state index contributed by atoms with van der Waals surface area (Å²) in [5, 5.41) is 5.84. The molecule has 2 amide bonds. The van der Waals surface area contributed by atoms with Crippen LogP contribution in [0.3, 0.4) is 0 Å². The zero-order chi connectivity index (χ0) is 22.7. The fraction of sp³-hybridized carbons (Fsp3) is 0.333. The molecule has 168 valence electrons. The number of aromatic nitrogens is 3. The first-order valence-electron chi connectivity index (χ1n) is 11.0. The summed E-state index contributed by atoms with van der Waals surface area (Å²) in [7, 11) is 0. The van der Waals surface area contributed by atoms with Gasteiger partial charge in [0.25, 0.3) is 11.8 Å². The van der Waals surface area contributed by atoms with E-state index in [0.717, 1.165) is 38.9 Å². The number of carbonyl (C=O) groups is 2. The van der Waals surface area contributed by atoms with Crippen LogP contribution in [0.5, 0.6) is 0 Å². The van der Waals surface area contributed by atoms with Crippen LogP contribution in [-0.2, 0) is 0 Å². The lowest BCUT2D eigenvalue weighted by atomic mass is 10.1. The molecule has 1 N–H and O–H groups in total. The van der Waals surface area contributed by atoms with Crippen molar-refractivity contribution >= 4 is 39.4 Å². The number of piperidine rings is 1. The average Bonchev–Trinajstić information content (AvgIpc) is 3.19. The van der Waals surface area contributed by atoms with Gasteiger partial charge >= 0.3 is 0 Å². The SMILES string of the molecule is Cc1cccc(-c2sc(C)nc2C(=O)N2C[C@H]3C[C@H]3[C@H]2CNC(=O)c2cnc3sccn23)c1. The lowest BCUT2D eigenvalue weighted by Crippen LogP contribution is -2.46. The molecule has 0 radical (unpaired) electrons. The third kappa shape index (κ3) is 3.55. The Morgan fingerprint density at radius 2 is 2.15 bits per heavy atom. The third-order valence-corrected chi connectivity index (χ3v) is 8.42. The molecule has 33 heavy (non-hydrogen) atoms. The van der Waals surface area contributed by atoms with E-state index in [2.05, 4.69) is 34.3 Å². The first-order valence-corrected chi connectivity index (χ1v) is 12.7. The van der Waals surface area contributed by atoms with E-state index < -0.39 is 0 Å². The van der Waals surface area contributed by atoms with Crippen LogP contribution in [0.4, 0.5) is 0 Å². The van der Waals surface area contributed by atoms with Gasteiger partial charge in [-0.05, 0) is 37.7 Å². The van der Waals surface area contributed by atoms with Gasteiger partial charge in [-0.2, -0.15) is 0 Å². The van der Waals surface area contributed by atoms with Gasteiger partial charge in [-0.25, -0.2) is 9.97 Å². The number of aryl methyl sites for hydroxylation is 2. The normalized spacial score (nSPS) is 21.4. The number of hydrogen-bond acceptors (Lipinski definition) is 6. The van der Waals surface area contributed by atoms with Crippen LogP contribution in [0.2, 0.25) is 0 Å². The Hall–Kier alpha value is -3.04. The minimum Gasteiger partial charge on any atom is -0.349 e. The third-order valence-electron chi connectivity index (χ3n) is 6.63. The molecule has 4 aromatic rings. The van der Waals surface area contributed by atoms with Crippen LogP contribution in [0.1, 0.15) is 38.0 Å². The van der Waals surface area contributed by atoms with Crippen molar-refractivity contribution in [2.24, 2.45) is 11.8 Å². The predicted molar refractivity (Wildman–Crippen MR) is 129 cm³/mol. The van der Waals surface area contributed by atoms with Gasteiger partial charge in [0.1, 0.15) is 11.4 Å². The molecule has 2 fully saturated rings. The number of amides is 2. The molecule has 2 aliphatic rings. The van der Waals surface area contributed by atoms with Crippen LogP contribution < -0.4 is 5.32 Å². The fourth-order valence-corrected chi connectivity index (χ4v) is 6.54. The van der Waals surface area contributed by atoms with Crippen molar-refractivity contribution in [3.63, 3.8) is 0 Å². The van der Waals surface area contributed by atoms with Crippen molar-refractivity contribution in [1.82, 2.24) is 24.6 Å². The summed E-state index contributed by atoms with van der Waals surface area (Å²) in [5.41, 5.74) is 3.22. The molecule has 3 atom stereocenters. The van der Waals surface area contributed by atoms with Gasteiger partial charge in [0.2, 0.25) is 0 Å². The highest BCUT2D eigenvalue weighted by atomic mass is 32.1. The number of nitrogens with one attached hydrogen (secondary N) is 1. The predicted octanol–water partition coefficient (Wildman–Crippen LogP) is 4.03. The molecule has 1 aromatic carbocycles. The summed E-state index contributed by atoms with van der Waals surface area (Å²) in [6, 6.07) is 8.19. The van der Waals surface area contributed by atoms with E-state index in [0.29, 0.717) is 29.8 Å². The van der Waals surface area contributed by atoms with Crippen molar-refractivity contribution in [3.8, 4) is 10.4 Å². The van der Waals surface area contributed by atoms with E-state index in [-0.39, 0.29) is 17.9 Å². The van der Waals surface area contributed by atoms with E-state index in [1.807, 2.05) is 35.5 Å². The molecule has 3 aromatic heterocycles. The summed E-state index contributed by atoms with van der Waals surface area (Å²) < 4.78 is 1.80. The van der Waals surface area contributed by atoms with E-state index in [4.69, 9.17) is 0 Å². The monoisotopic (exact) mass is 477 g/mol. The Morgan fingerprint density at radius 1 is 1.27 bits per heavy atom. The number of rotatable bonds is 5. The van der Waals surface area contributed by atoms with Gasteiger partial charge in [-0.3, -0.25) is 14.0 Å². The maximum Gasteiger partial charge on any atom is 0.274 e. The molecule has 4 heterocycles. The summed E-state index contributed by atoms with van der Waals surface area (Å²) in [6.07, 6.45) is 4.57. The number of fused-ring (bicyclic) bond motifs is 2. The molecule has 1 saturated heterocycles. The van der Waals surface area contributed by atoms with Gasteiger partial charge < -0.3 is 10.2 Å². The van der Waals surface area contributed by atoms with Crippen LogP contribution >= 0.6 is 22.7 Å². The highest BCUT2D eigenvalue weighted by Crippen LogP contribution is 2.50. The highest BCUT2D eigenvalue weighted by molar-refractivity contribution is 7.15. The largest absolute Gasteiger partial charge is 0.349 e. The Kier molecular flexibility index (Phi) is 4.84. The molecule has 1 aliphatic heterocycles. The molecule has 0 spiro atoms. The molecular formula is C24H23N5O2S2.